The number of aliphatic hydroxyl groups is 1. The Hall–Kier alpha value is -1.38. The van der Waals surface area contributed by atoms with Crippen LogP contribution in [0, 0.1) is 0 Å². The van der Waals surface area contributed by atoms with Crippen LogP contribution in [-0.4, -0.2) is 27.3 Å². The van der Waals surface area contributed by atoms with E-state index in [9.17, 15) is 9.90 Å². The zero-order valence-corrected chi connectivity index (χ0v) is 14.9. The quantitative estimate of drug-likeness (QED) is 0.574. The molecule has 2 aliphatic heterocycles. The standard InChI is InChI=1S/C14H16N4O2S.BrH/c1-8(2)16-17-13-15-14(20)10-6-4-5-7-11(10)18(9(3)19)12(14)21-13;/h4-7,12,20H,1-3H3,(H,15,17);1H. The number of nitrogens with one attached hydrogen (secondary N) is 1. The summed E-state index contributed by atoms with van der Waals surface area (Å²) >= 11 is 1.30. The molecular formula is C14H17BrN4O2S. The molecule has 2 unspecified atom stereocenters. The predicted octanol–water partition coefficient (Wildman–Crippen LogP) is 2.19. The molecular weight excluding hydrogens is 368 g/mol. The average Bonchev–Trinajstić information content (AvgIpc) is 2.86. The second kappa shape index (κ2) is 6.02. The van der Waals surface area contributed by atoms with Crippen LogP contribution in [0.25, 0.3) is 0 Å². The Kier molecular flexibility index (Phi) is 4.65. The lowest BCUT2D eigenvalue weighted by Crippen LogP contribution is -2.41. The number of hydrogen-bond acceptors (Lipinski definition) is 6. The second-order valence-electron chi connectivity index (χ2n) is 5.19. The van der Waals surface area contributed by atoms with Gasteiger partial charge in [0.1, 0.15) is 5.37 Å². The molecule has 118 valence electrons. The number of para-hydroxylation sites is 1. The molecule has 0 bridgehead atoms. The van der Waals surface area contributed by atoms with Crippen molar-refractivity contribution in [2.24, 2.45) is 10.1 Å². The number of rotatable bonds is 1. The van der Waals surface area contributed by atoms with Crippen molar-refractivity contribution in [1.29, 1.82) is 0 Å². The second-order valence-corrected chi connectivity index (χ2v) is 6.26. The third-order valence-electron chi connectivity index (χ3n) is 3.35. The van der Waals surface area contributed by atoms with E-state index < -0.39 is 11.1 Å². The highest BCUT2D eigenvalue weighted by Gasteiger charge is 2.56. The lowest BCUT2D eigenvalue weighted by Gasteiger charge is -2.24. The number of hydrogen-bond donors (Lipinski definition) is 2. The van der Waals surface area contributed by atoms with Crippen LogP contribution in [0.1, 0.15) is 26.3 Å². The molecule has 22 heavy (non-hydrogen) atoms. The van der Waals surface area contributed by atoms with Crippen LogP contribution in [0.2, 0.25) is 0 Å². The highest BCUT2D eigenvalue weighted by Crippen LogP contribution is 2.52. The van der Waals surface area contributed by atoms with E-state index in [0.29, 0.717) is 16.4 Å². The first-order valence-corrected chi connectivity index (χ1v) is 7.46. The Labute approximate surface area is 143 Å². The summed E-state index contributed by atoms with van der Waals surface area (Å²) in [6.07, 6.45) is 0. The summed E-state index contributed by atoms with van der Waals surface area (Å²) in [6.45, 7) is 5.21. The summed E-state index contributed by atoms with van der Waals surface area (Å²) < 4.78 is 0. The maximum absolute atomic E-state index is 12.0. The Bertz CT molecular complexity index is 675. The molecule has 1 aromatic rings. The molecule has 2 N–H and O–H groups in total. The van der Waals surface area contributed by atoms with Crippen LogP contribution in [0.15, 0.2) is 34.4 Å². The molecule has 0 aromatic heterocycles. The molecule has 2 atom stereocenters. The number of amides is 1. The molecule has 8 heteroatoms. The first kappa shape index (κ1) is 17.0. The number of carbonyl (C=O) groups is 1. The number of hydrazone groups is 1. The topological polar surface area (TPSA) is 77.3 Å². The number of thioether (sulfide) groups is 1. The van der Waals surface area contributed by atoms with Crippen molar-refractivity contribution in [3.8, 4) is 0 Å². The highest BCUT2D eigenvalue weighted by molar-refractivity contribution is 8.93. The number of carbonyl (C=O) groups excluding carboxylic acids is 1. The fourth-order valence-electron chi connectivity index (χ4n) is 2.52. The summed E-state index contributed by atoms with van der Waals surface area (Å²) in [5.41, 5.74) is 3.61. The van der Waals surface area contributed by atoms with E-state index in [0.717, 1.165) is 5.71 Å². The monoisotopic (exact) mass is 384 g/mol. The molecule has 1 aromatic carbocycles. The van der Waals surface area contributed by atoms with Crippen molar-refractivity contribution < 1.29 is 9.90 Å². The van der Waals surface area contributed by atoms with E-state index in [-0.39, 0.29) is 22.9 Å². The highest BCUT2D eigenvalue weighted by atomic mass is 79.9. The van der Waals surface area contributed by atoms with Crippen LogP contribution in [0.4, 0.5) is 5.69 Å². The third kappa shape index (κ3) is 2.55. The maximum atomic E-state index is 12.0. The number of aliphatic imine (C=N–C) groups is 1. The zero-order valence-electron chi connectivity index (χ0n) is 12.4. The van der Waals surface area contributed by atoms with Crippen molar-refractivity contribution in [2.75, 3.05) is 4.90 Å². The number of anilines is 1. The van der Waals surface area contributed by atoms with Gasteiger partial charge < -0.3 is 5.11 Å². The minimum atomic E-state index is -1.42. The lowest BCUT2D eigenvalue weighted by atomic mass is 10.1. The van der Waals surface area contributed by atoms with Crippen molar-refractivity contribution in [3.05, 3.63) is 29.8 Å². The molecule has 2 aliphatic rings. The fourth-order valence-corrected chi connectivity index (χ4v) is 3.73. The molecule has 0 fully saturated rings. The first-order chi connectivity index (χ1) is 9.93. The SMILES string of the molecule is Br.CC(=O)N1c2ccccc2C2(O)N=C(NN=C(C)C)SC12. The van der Waals surface area contributed by atoms with E-state index in [4.69, 9.17) is 0 Å². The summed E-state index contributed by atoms with van der Waals surface area (Å²) in [7, 11) is 0. The van der Waals surface area contributed by atoms with Gasteiger partial charge >= 0.3 is 0 Å². The van der Waals surface area contributed by atoms with Gasteiger partial charge in [0.15, 0.2) is 5.17 Å². The molecule has 0 spiro atoms. The number of halogens is 1. The predicted molar refractivity (Wildman–Crippen MR) is 94.6 cm³/mol. The molecule has 0 aliphatic carbocycles. The smallest absolute Gasteiger partial charge is 0.225 e. The molecule has 2 heterocycles. The summed E-state index contributed by atoms with van der Waals surface area (Å²) in [4.78, 5) is 17.9. The average molecular weight is 385 g/mol. The summed E-state index contributed by atoms with van der Waals surface area (Å²) in [6, 6.07) is 7.30. The van der Waals surface area contributed by atoms with Gasteiger partial charge in [0.05, 0.1) is 5.69 Å². The van der Waals surface area contributed by atoms with E-state index in [1.165, 1.54) is 18.7 Å². The van der Waals surface area contributed by atoms with Gasteiger partial charge in [0.25, 0.3) is 0 Å². The molecule has 3 rings (SSSR count). The largest absolute Gasteiger partial charge is 0.363 e. The van der Waals surface area contributed by atoms with Crippen LogP contribution in [-0.2, 0) is 10.5 Å². The van der Waals surface area contributed by atoms with Crippen molar-refractivity contribution in [2.45, 2.75) is 31.9 Å². The van der Waals surface area contributed by atoms with Crippen molar-refractivity contribution in [3.63, 3.8) is 0 Å². The van der Waals surface area contributed by atoms with Gasteiger partial charge in [-0.1, -0.05) is 30.0 Å². The molecule has 1 amide bonds. The van der Waals surface area contributed by atoms with Crippen LogP contribution < -0.4 is 10.3 Å². The zero-order chi connectivity index (χ0) is 15.2. The minimum Gasteiger partial charge on any atom is -0.363 e. The summed E-state index contributed by atoms with van der Waals surface area (Å²) in [5.74, 6) is -0.123. The van der Waals surface area contributed by atoms with Gasteiger partial charge in [0, 0.05) is 18.2 Å². The van der Waals surface area contributed by atoms with E-state index in [1.54, 1.807) is 11.0 Å². The van der Waals surface area contributed by atoms with Crippen LogP contribution >= 0.6 is 28.7 Å². The van der Waals surface area contributed by atoms with Gasteiger partial charge in [-0.2, -0.15) is 5.10 Å². The van der Waals surface area contributed by atoms with Crippen molar-refractivity contribution >= 4 is 51.2 Å². The van der Waals surface area contributed by atoms with Gasteiger partial charge in [-0.05, 0) is 19.9 Å². The maximum Gasteiger partial charge on any atom is 0.225 e. The Morgan fingerprint density at radius 1 is 1.41 bits per heavy atom. The number of amidine groups is 1. The third-order valence-corrected chi connectivity index (χ3v) is 4.52. The Morgan fingerprint density at radius 2 is 2.09 bits per heavy atom. The molecule has 0 saturated carbocycles. The fraction of sp³-hybridized carbons (Fsp3) is 0.357. The number of fused-ring (bicyclic) bond motifs is 3. The van der Waals surface area contributed by atoms with Crippen LogP contribution in [0.3, 0.4) is 0 Å². The van der Waals surface area contributed by atoms with Gasteiger partial charge in [-0.15, -0.1) is 17.0 Å². The normalized spacial score (nSPS) is 24.8. The number of benzene rings is 1. The minimum absolute atomic E-state index is 0. The molecule has 6 nitrogen and oxygen atoms in total. The van der Waals surface area contributed by atoms with Crippen molar-refractivity contribution in [1.82, 2.24) is 5.43 Å². The van der Waals surface area contributed by atoms with Crippen LogP contribution in [0.5, 0.6) is 0 Å². The van der Waals surface area contributed by atoms with Gasteiger partial charge in [0.2, 0.25) is 11.6 Å². The first-order valence-electron chi connectivity index (χ1n) is 6.58. The van der Waals surface area contributed by atoms with E-state index in [2.05, 4.69) is 15.5 Å². The lowest BCUT2D eigenvalue weighted by molar-refractivity contribution is -0.117. The Balaban J connectivity index is 0.00000176. The Morgan fingerprint density at radius 3 is 2.73 bits per heavy atom. The number of nitrogens with zero attached hydrogens (tertiary/aromatic N) is 3. The molecule has 0 radical (unpaired) electrons. The van der Waals surface area contributed by atoms with Gasteiger partial charge in [-0.3, -0.25) is 15.1 Å². The van der Waals surface area contributed by atoms with Gasteiger partial charge in [-0.25, -0.2) is 4.99 Å². The van der Waals surface area contributed by atoms with E-state index >= 15 is 0 Å². The molecule has 0 saturated heterocycles. The van der Waals surface area contributed by atoms with E-state index in [1.807, 2.05) is 32.0 Å². The summed E-state index contributed by atoms with van der Waals surface area (Å²) in [5, 5.41) is 15.0.